The highest BCUT2D eigenvalue weighted by molar-refractivity contribution is 6.05. The van der Waals surface area contributed by atoms with E-state index < -0.39 is 0 Å². The first-order valence-corrected chi connectivity index (χ1v) is 6.37. The van der Waals surface area contributed by atoms with Crippen molar-refractivity contribution in [2.24, 2.45) is 5.92 Å². The summed E-state index contributed by atoms with van der Waals surface area (Å²) in [7, 11) is 3.31. The van der Waals surface area contributed by atoms with Crippen LogP contribution in [0.4, 0.5) is 5.69 Å². The molecule has 106 valence electrons. The van der Waals surface area contributed by atoms with Crippen molar-refractivity contribution in [2.45, 2.75) is 6.42 Å². The molecule has 1 saturated heterocycles. The molecule has 20 heavy (non-hydrogen) atoms. The molecule has 1 aliphatic heterocycles. The number of benzene rings is 1. The largest absolute Gasteiger partial charge is 0.355 e. The summed E-state index contributed by atoms with van der Waals surface area (Å²) < 4.78 is 0. The van der Waals surface area contributed by atoms with Crippen molar-refractivity contribution in [3.05, 3.63) is 29.8 Å². The summed E-state index contributed by atoms with van der Waals surface area (Å²) in [6.07, 6.45) is 0.190. The summed E-state index contributed by atoms with van der Waals surface area (Å²) in [4.78, 5) is 36.7. The Kier molecular flexibility index (Phi) is 4.02. The molecule has 2 N–H and O–H groups in total. The van der Waals surface area contributed by atoms with Crippen LogP contribution in [-0.4, -0.2) is 43.3 Å². The first-order valence-electron chi connectivity index (χ1n) is 6.37. The molecular weight excluding hydrogens is 258 g/mol. The lowest BCUT2D eigenvalue weighted by atomic mass is 10.1. The summed E-state index contributed by atoms with van der Waals surface area (Å²) in [6.45, 7) is 0.342. The average molecular weight is 275 g/mol. The topological polar surface area (TPSA) is 78.5 Å². The molecule has 2 rings (SSSR count). The highest BCUT2D eigenvalue weighted by Crippen LogP contribution is 2.19. The lowest BCUT2D eigenvalue weighted by molar-refractivity contribution is -0.123. The van der Waals surface area contributed by atoms with Gasteiger partial charge in [0.05, 0.1) is 17.2 Å². The molecule has 1 aromatic carbocycles. The van der Waals surface area contributed by atoms with Gasteiger partial charge in [-0.05, 0) is 12.1 Å². The zero-order chi connectivity index (χ0) is 14.7. The Bertz CT molecular complexity index is 554. The zero-order valence-electron chi connectivity index (χ0n) is 11.5. The maximum Gasteiger partial charge on any atom is 0.255 e. The molecule has 1 aliphatic rings. The lowest BCUT2D eigenvalue weighted by Gasteiger charge is -2.15. The fraction of sp³-hybridized carbons (Fsp3) is 0.357. The van der Waals surface area contributed by atoms with Crippen molar-refractivity contribution in [1.29, 1.82) is 0 Å². The fourth-order valence-corrected chi connectivity index (χ4v) is 2.04. The number of carbonyl (C=O) groups is 3. The first kappa shape index (κ1) is 14.0. The van der Waals surface area contributed by atoms with Crippen molar-refractivity contribution in [3.63, 3.8) is 0 Å². The predicted molar refractivity (Wildman–Crippen MR) is 74.2 cm³/mol. The lowest BCUT2D eigenvalue weighted by Crippen LogP contribution is -2.27. The summed E-state index contributed by atoms with van der Waals surface area (Å²) in [5.74, 6) is -0.934. The Hall–Kier alpha value is -2.37. The van der Waals surface area contributed by atoms with E-state index in [4.69, 9.17) is 0 Å². The van der Waals surface area contributed by atoms with Gasteiger partial charge >= 0.3 is 0 Å². The van der Waals surface area contributed by atoms with Crippen molar-refractivity contribution in [3.8, 4) is 0 Å². The van der Waals surface area contributed by atoms with Crippen LogP contribution in [0.2, 0.25) is 0 Å². The van der Waals surface area contributed by atoms with E-state index in [1.54, 1.807) is 38.4 Å². The van der Waals surface area contributed by atoms with E-state index in [0.29, 0.717) is 17.8 Å². The number of para-hydroxylation sites is 1. The third-order valence-electron chi connectivity index (χ3n) is 3.17. The van der Waals surface area contributed by atoms with E-state index in [1.165, 1.54) is 4.90 Å². The van der Waals surface area contributed by atoms with Crippen LogP contribution >= 0.6 is 0 Å². The Labute approximate surface area is 117 Å². The van der Waals surface area contributed by atoms with Crippen molar-refractivity contribution in [1.82, 2.24) is 10.2 Å². The maximum atomic E-state index is 12.1. The second kappa shape index (κ2) is 5.73. The number of nitrogens with zero attached hydrogens (tertiary/aromatic N) is 1. The van der Waals surface area contributed by atoms with Gasteiger partial charge in [-0.15, -0.1) is 0 Å². The van der Waals surface area contributed by atoms with E-state index in [-0.39, 0.29) is 30.1 Å². The predicted octanol–water partition coefficient (Wildman–Crippen LogP) is 0.463. The van der Waals surface area contributed by atoms with Crippen LogP contribution < -0.4 is 10.6 Å². The molecule has 6 heteroatoms. The zero-order valence-corrected chi connectivity index (χ0v) is 11.5. The van der Waals surface area contributed by atoms with Crippen molar-refractivity contribution in [2.75, 3.05) is 26.0 Å². The van der Waals surface area contributed by atoms with Crippen LogP contribution in [0.15, 0.2) is 24.3 Å². The van der Waals surface area contributed by atoms with Crippen molar-refractivity contribution < 1.29 is 14.4 Å². The number of hydrogen-bond donors (Lipinski definition) is 2. The average Bonchev–Trinajstić information content (AvgIpc) is 2.85. The van der Waals surface area contributed by atoms with Crippen LogP contribution in [0, 0.1) is 5.92 Å². The second-order valence-corrected chi connectivity index (χ2v) is 4.94. The molecule has 6 nitrogen and oxygen atoms in total. The van der Waals surface area contributed by atoms with E-state index in [0.717, 1.165) is 0 Å². The van der Waals surface area contributed by atoms with Crippen LogP contribution in [0.1, 0.15) is 16.8 Å². The van der Waals surface area contributed by atoms with E-state index >= 15 is 0 Å². The standard InChI is InChI=1S/C14H17N3O3/c1-17(2)14(20)10-5-3-4-6-11(10)16-13(19)9-7-12(18)15-8-9/h3-6,9H,7-8H2,1-2H3,(H,15,18)(H,16,19). The molecule has 0 aromatic heterocycles. The molecule has 1 fully saturated rings. The minimum atomic E-state index is -0.384. The number of carbonyl (C=O) groups excluding carboxylic acids is 3. The van der Waals surface area contributed by atoms with Crippen LogP contribution in [0.25, 0.3) is 0 Å². The molecule has 0 saturated carbocycles. The van der Waals surface area contributed by atoms with Gasteiger partial charge in [-0.1, -0.05) is 12.1 Å². The molecule has 1 aromatic rings. The number of nitrogens with one attached hydrogen (secondary N) is 2. The third kappa shape index (κ3) is 2.96. The molecule has 0 spiro atoms. The highest BCUT2D eigenvalue weighted by atomic mass is 16.2. The van der Waals surface area contributed by atoms with Gasteiger partial charge in [-0.3, -0.25) is 14.4 Å². The monoisotopic (exact) mass is 275 g/mol. The summed E-state index contributed by atoms with van der Waals surface area (Å²) in [5.41, 5.74) is 0.902. The molecular formula is C14H17N3O3. The fourth-order valence-electron chi connectivity index (χ4n) is 2.04. The summed E-state index contributed by atoms with van der Waals surface area (Å²) in [5, 5.41) is 5.35. The smallest absolute Gasteiger partial charge is 0.255 e. The van der Waals surface area contributed by atoms with Gasteiger partial charge in [0.1, 0.15) is 0 Å². The summed E-state index contributed by atoms with van der Waals surface area (Å²) in [6, 6.07) is 6.84. The van der Waals surface area contributed by atoms with Crippen molar-refractivity contribution >= 4 is 23.4 Å². The van der Waals surface area contributed by atoms with Crippen LogP contribution in [0.5, 0.6) is 0 Å². The number of amides is 3. The molecule has 1 unspecified atom stereocenters. The van der Waals surface area contributed by atoms with E-state index in [1.807, 2.05) is 0 Å². The molecule has 0 aliphatic carbocycles. The third-order valence-corrected chi connectivity index (χ3v) is 3.17. The number of rotatable bonds is 3. The molecule has 1 heterocycles. The van der Waals surface area contributed by atoms with Gasteiger partial charge in [0, 0.05) is 27.1 Å². The summed E-state index contributed by atoms with van der Waals surface area (Å²) >= 11 is 0. The Morgan fingerprint density at radius 1 is 1.30 bits per heavy atom. The quantitative estimate of drug-likeness (QED) is 0.841. The van der Waals surface area contributed by atoms with E-state index in [2.05, 4.69) is 10.6 Å². The van der Waals surface area contributed by atoms with Crippen LogP contribution in [-0.2, 0) is 9.59 Å². The van der Waals surface area contributed by atoms with Gasteiger partial charge in [0.15, 0.2) is 0 Å². The second-order valence-electron chi connectivity index (χ2n) is 4.94. The SMILES string of the molecule is CN(C)C(=O)c1ccccc1NC(=O)C1CNC(=O)C1. The Morgan fingerprint density at radius 3 is 2.60 bits per heavy atom. The van der Waals surface area contributed by atoms with Gasteiger partial charge in [0.2, 0.25) is 11.8 Å². The maximum absolute atomic E-state index is 12.1. The first-order chi connectivity index (χ1) is 9.49. The Balaban J connectivity index is 2.15. The molecule has 0 bridgehead atoms. The van der Waals surface area contributed by atoms with E-state index in [9.17, 15) is 14.4 Å². The van der Waals surface area contributed by atoms with Gasteiger partial charge < -0.3 is 15.5 Å². The Morgan fingerprint density at radius 2 is 2.00 bits per heavy atom. The molecule has 1 atom stereocenters. The normalized spacial score (nSPS) is 17.5. The van der Waals surface area contributed by atoms with Gasteiger partial charge in [0.25, 0.3) is 5.91 Å². The number of anilines is 1. The minimum Gasteiger partial charge on any atom is -0.355 e. The molecule has 0 radical (unpaired) electrons. The number of hydrogen-bond acceptors (Lipinski definition) is 3. The highest BCUT2D eigenvalue weighted by Gasteiger charge is 2.28. The van der Waals surface area contributed by atoms with Gasteiger partial charge in [-0.2, -0.15) is 0 Å². The van der Waals surface area contributed by atoms with Crippen LogP contribution in [0.3, 0.4) is 0 Å². The van der Waals surface area contributed by atoms with Gasteiger partial charge in [-0.25, -0.2) is 0 Å². The molecule has 3 amide bonds. The minimum absolute atomic E-state index is 0.122.